The zero-order valence-electron chi connectivity index (χ0n) is 15.4. The lowest BCUT2D eigenvalue weighted by molar-refractivity contribution is -0.141. The molecule has 0 unspecified atom stereocenters. The van der Waals surface area contributed by atoms with E-state index in [1.165, 1.54) is 11.3 Å². The Morgan fingerprint density at radius 1 is 1.38 bits per heavy atom. The highest BCUT2D eigenvalue weighted by Crippen LogP contribution is 2.40. The number of aromatic nitrogens is 1. The molecule has 3 fully saturated rings. The first kappa shape index (κ1) is 17.9. The van der Waals surface area contributed by atoms with Gasteiger partial charge in [-0.25, -0.2) is 4.98 Å². The number of likely N-dealkylation sites (tertiary alicyclic amines) is 2. The topological polar surface area (TPSA) is 62.7 Å². The number of carbonyl (C=O) groups excluding carboxylic acids is 2. The van der Waals surface area contributed by atoms with Gasteiger partial charge in [-0.2, -0.15) is 0 Å². The molecule has 1 atom stereocenters. The van der Waals surface area contributed by atoms with Crippen molar-refractivity contribution >= 4 is 23.2 Å². The number of amides is 2. The van der Waals surface area contributed by atoms with E-state index in [9.17, 15) is 9.59 Å². The molecule has 142 valence electrons. The molecule has 2 amide bonds. The zero-order chi connectivity index (χ0) is 18.1. The van der Waals surface area contributed by atoms with Crippen molar-refractivity contribution in [2.75, 3.05) is 32.8 Å². The number of ether oxygens (including phenoxy) is 1. The maximum absolute atomic E-state index is 12.6. The van der Waals surface area contributed by atoms with Crippen LogP contribution in [0.4, 0.5) is 0 Å². The highest BCUT2D eigenvalue weighted by atomic mass is 32.1. The van der Waals surface area contributed by atoms with Gasteiger partial charge in [-0.05, 0) is 44.4 Å². The van der Waals surface area contributed by atoms with E-state index in [1.54, 1.807) is 0 Å². The van der Waals surface area contributed by atoms with Gasteiger partial charge in [-0.15, -0.1) is 11.3 Å². The summed E-state index contributed by atoms with van der Waals surface area (Å²) in [7, 11) is 0. The van der Waals surface area contributed by atoms with Gasteiger partial charge in [0, 0.05) is 44.6 Å². The summed E-state index contributed by atoms with van der Waals surface area (Å²) >= 11 is 1.52. The highest BCUT2D eigenvalue weighted by Gasteiger charge is 2.42. The average Bonchev–Trinajstić information content (AvgIpc) is 3.30. The number of hydrogen-bond acceptors (Lipinski definition) is 5. The second-order valence-corrected chi connectivity index (χ2v) is 9.02. The number of hydrogen-bond donors (Lipinski definition) is 0. The maximum Gasteiger partial charge on any atom is 0.273 e. The summed E-state index contributed by atoms with van der Waals surface area (Å²) in [6.07, 6.45) is 5.90. The van der Waals surface area contributed by atoms with Gasteiger partial charge in [-0.1, -0.05) is 0 Å². The first-order valence-electron chi connectivity index (χ1n) is 9.65. The molecule has 3 aliphatic rings. The minimum atomic E-state index is 0.0484. The van der Waals surface area contributed by atoms with Crippen LogP contribution in [0.25, 0.3) is 0 Å². The van der Waals surface area contributed by atoms with Crippen LogP contribution in [0.2, 0.25) is 0 Å². The Hall–Kier alpha value is -1.47. The fraction of sp³-hybridized carbons (Fsp3) is 0.737. The monoisotopic (exact) mass is 377 g/mol. The van der Waals surface area contributed by atoms with E-state index in [2.05, 4.69) is 4.98 Å². The Morgan fingerprint density at radius 2 is 2.19 bits per heavy atom. The highest BCUT2D eigenvalue weighted by molar-refractivity contribution is 7.09. The third-order valence-electron chi connectivity index (χ3n) is 6.15. The van der Waals surface area contributed by atoms with Crippen LogP contribution >= 0.6 is 11.3 Å². The maximum atomic E-state index is 12.6. The molecular weight excluding hydrogens is 350 g/mol. The minimum Gasteiger partial charge on any atom is -0.376 e. The molecule has 6 nitrogen and oxygen atoms in total. The molecule has 0 aromatic carbocycles. The molecule has 4 heterocycles. The van der Waals surface area contributed by atoms with Crippen molar-refractivity contribution < 1.29 is 14.3 Å². The second kappa shape index (κ2) is 7.27. The first-order chi connectivity index (χ1) is 12.5. The summed E-state index contributed by atoms with van der Waals surface area (Å²) in [6.45, 7) is 5.83. The largest absolute Gasteiger partial charge is 0.376 e. The smallest absolute Gasteiger partial charge is 0.273 e. The fourth-order valence-electron chi connectivity index (χ4n) is 4.52. The number of rotatable bonds is 3. The molecular formula is C19H27N3O3S. The quantitative estimate of drug-likeness (QED) is 0.812. The molecule has 0 aliphatic carbocycles. The molecule has 3 saturated heterocycles. The molecule has 1 aromatic heterocycles. The molecule has 26 heavy (non-hydrogen) atoms. The Labute approximate surface area is 158 Å². The first-order valence-corrected chi connectivity index (χ1v) is 10.5. The summed E-state index contributed by atoms with van der Waals surface area (Å²) < 4.78 is 5.73. The van der Waals surface area contributed by atoms with E-state index in [4.69, 9.17) is 4.74 Å². The Bertz CT molecular complexity index is 675. The lowest BCUT2D eigenvalue weighted by Crippen LogP contribution is -2.53. The zero-order valence-corrected chi connectivity index (χ0v) is 16.2. The number of carbonyl (C=O) groups is 2. The summed E-state index contributed by atoms with van der Waals surface area (Å²) in [6, 6.07) is 0. The number of nitrogens with zero attached hydrogens (tertiary/aromatic N) is 3. The van der Waals surface area contributed by atoms with Crippen molar-refractivity contribution in [2.45, 2.75) is 51.6 Å². The van der Waals surface area contributed by atoms with Crippen LogP contribution in [0.5, 0.6) is 0 Å². The number of aryl methyl sites for hydroxylation is 1. The molecule has 1 aromatic rings. The van der Waals surface area contributed by atoms with E-state index in [1.807, 2.05) is 22.1 Å². The summed E-state index contributed by atoms with van der Waals surface area (Å²) in [5.74, 6) is 0.315. The van der Waals surface area contributed by atoms with Gasteiger partial charge in [0.2, 0.25) is 5.91 Å². The van der Waals surface area contributed by atoms with Crippen LogP contribution in [0.1, 0.15) is 54.0 Å². The Balaban J connectivity index is 1.36. The van der Waals surface area contributed by atoms with Gasteiger partial charge in [0.05, 0.1) is 11.1 Å². The molecule has 0 N–H and O–H groups in total. The van der Waals surface area contributed by atoms with Crippen LogP contribution in [0.3, 0.4) is 0 Å². The second-order valence-electron chi connectivity index (χ2n) is 7.95. The van der Waals surface area contributed by atoms with E-state index in [0.29, 0.717) is 12.1 Å². The lowest BCUT2D eigenvalue weighted by atomic mass is 9.72. The molecule has 3 aliphatic heterocycles. The van der Waals surface area contributed by atoms with Gasteiger partial charge in [0.15, 0.2) is 0 Å². The van der Waals surface area contributed by atoms with Crippen LogP contribution in [0.15, 0.2) is 5.38 Å². The van der Waals surface area contributed by atoms with E-state index in [0.717, 1.165) is 69.9 Å². The summed E-state index contributed by atoms with van der Waals surface area (Å²) in [5.41, 5.74) is 0.739. The molecule has 1 spiro atoms. The molecule has 7 heteroatoms. The minimum absolute atomic E-state index is 0.0484. The van der Waals surface area contributed by atoms with Crippen LogP contribution in [-0.4, -0.2) is 65.5 Å². The average molecular weight is 378 g/mol. The SMILES string of the molecule is Cc1nc(C(=O)N2CCC3(CCC(=O)N(C[C@H]4CCCO4)C3)CC2)cs1. The van der Waals surface area contributed by atoms with Gasteiger partial charge >= 0.3 is 0 Å². The Morgan fingerprint density at radius 3 is 2.85 bits per heavy atom. The van der Waals surface area contributed by atoms with Crippen LogP contribution < -0.4 is 0 Å². The summed E-state index contributed by atoms with van der Waals surface area (Å²) in [5, 5.41) is 2.78. The number of thiazole rings is 1. The predicted octanol–water partition coefficient (Wildman–Crippen LogP) is 2.48. The lowest BCUT2D eigenvalue weighted by Gasteiger charge is -2.47. The third-order valence-corrected chi connectivity index (χ3v) is 6.92. The standard InChI is InChI=1S/C19H27N3O3S/c1-14-20-16(12-26-14)18(24)21-8-6-19(7-9-21)5-4-17(23)22(13-19)11-15-3-2-10-25-15/h12,15H,2-11,13H2,1H3/t15-/m1/s1. The fourth-order valence-corrected chi connectivity index (χ4v) is 5.11. The van der Waals surface area contributed by atoms with Crippen molar-refractivity contribution in [3.8, 4) is 0 Å². The van der Waals surface area contributed by atoms with E-state index >= 15 is 0 Å². The van der Waals surface area contributed by atoms with Crippen molar-refractivity contribution in [2.24, 2.45) is 5.41 Å². The van der Waals surface area contributed by atoms with Crippen molar-refractivity contribution in [1.29, 1.82) is 0 Å². The van der Waals surface area contributed by atoms with Gasteiger partial charge in [0.25, 0.3) is 5.91 Å². The van der Waals surface area contributed by atoms with Gasteiger partial charge in [0.1, 0.15) is 5.69 Å². The number of piperidine rings is 2. The Kier molecular flexibility index (Phi) is 5.01. The van der Waals surface area contributed by atoms with Crippen molar-refractivity contribution in [3.05, 3.63) is 16.1 Å². The normalized spacial score (nSPS) is 25.9. The predicted molar refractivity (Wildman–Crippen MR) is 99.2 cm³/mol. The summed E-state index contributed by atoms with van der Waals surface area (Å²) in [4.78, 5) is 33.3. The molecule has 0 radical (unpaired) electrons. The molecule has 0 saturated carbocycles. The van der Waals surface area contributed by atoms with Crippen molar-refractivity contribution in [1.82, 2.24) is 14.8 Å². The van der Waals surface area contributed by atoms with Crippen LogP contribution in [0, 0.1) is 12.3 Å². The third kappa shape index (κ3) is 3.64. The van der Waals surface area contributed by atoms with E-state index in [-0.39, 0.29) is 23.3 Å². The van der Waals surface area contributed by atoms with Gasteiger partial charge in [-0.3, -0.25) is 9.59 Å². The van der Waals surface area contributed by atoms with Crippen LogP contribution in [-0.2, 0) is 9.53 Å². The van der Waals surface area contributed by atoms with Gasteiger partial charge < -0.3 is 14.5 Å². The molecule has 0 bridgehead atoms. The van der Waals surface area contributed by atoms with E-state index < -0.39 is 0 Å². The molecule has 4 rings (SSSR count). The van der Waals surface area contributed by atoms with Crippen molar-refractivity contribution in [3.63, 3.8) is 0 Å².